The van der Waals surface area contributed by atoms with Gasteiger partial charge in [-0.25, -0.2) is 4.79 Å². The minimum Gasteiger partial charge on any atom is -0.444 e. The van der Waals surface area contributed by atoms with Crippen LogP contribution in [0.3, 0.4) is 0 Å². The Morgan fingerprint density at radius 3 is 2.88 bits per heavy atom. The fraction of sp³-hybridized carbons (Fsp3) is 0.900. The van der Waals surface area contributed by atoms with Crippen molar-refractivity contribution < 1.29 is 14.3 Å². The average Bonchev–Trinajstić information content (AvgIpc) is 2.18. The van der Waals surface area contributed by atoms with E-state index in [1.165, 1.54) is 0 Å². The van der Waals surface area contributed by atoms with Gasteiger partial charge >= 0.3 is 6.09 Å². The van der Waals surface area contributed by atoms with Crippen LogP contribution >= 0.6 is 0 Å². The molecular formula is C10H18N4O3. The minimum atomic E-state index is -0.548. The largest absolute Gasteiger partial charge is 0.444 e. The lowest BCUT2D eigenvalue weighted by atomic mass is 10.1. The van der Waals surface area contributed by atoms with Crippen LogP contribution in [0.2, 0.25) is 0 Å². The van der Waals surface area contributed by atoms with Crippen molar-refractivity contribution in [3.05, 3.63) is 10.4 Å². The van der Waals surface area contributed by atoms with Crippen molar-refractivity contribution in [3.63, 3.8) is 0 Å². The third-order valence-electron chi connectivity index (χ3n) is 2.22. The molecule has 2 unspecified atom stereocenters. The van der Waals surface area contributed by atoms with Crippen LogP contribution in [0.5, 0.6) is 0 Å². The number of azide groups is 1. The molecule has 0 spiro atoms. The van der Waals surface area contributed by atoms with Gasteiger partial charge in [0.2, 0.25) is 0 Å². The average molecular weight is 242 g/mol. The van der Waals surface area contributed by atoms with Gasteiger partial charge in [-0.2, -0.15) is 0 Å². The molecule has 0 aromatic heterocycles. The Balaban J connectivity index is 2.53. The van der Waals surface area contributed by atoms with E-state index in [0.717, 1.165) is 0 Å². The molecule has 0 aliphatic carbocycles. The molecule has 1 N–H and O–H groups in total. The highest BCUT2D eigenvalue weighted by Crippen LogP contribution is 2.13. The Morgan fingerprint density at radius 2 is 2.29 bits per heavy atom. The Morgan fingerprint density at radius 1 is 1.59 bits per heavy atom. The first-order valence-electron chi connectivity index (χ1n) is 5.54. The molecule has 17 heavy (non-hydrogen) atoms. The van der Waals surface area contributed by atoms with Gasteiger partial charge in [-0.05, 0) is 32.7 Å². The van der Waals surface area contributed by atoms with Crippen LogP contribution in [0.4, 0.5) is 4.79 Å². The molecule has 2 atom stereocenters. The van der Waals surface area contributed by atoms with E-state index >= 15 is 0 Å². The second-order valence-electron chi connectivity index (χ2n) is 4.89. The predicted octanol–water partition coefficient (Wildman–Crippen LogP) is 1.98. The lowest BCUT2D eigenvalue weighted by molar-refractivity contribution is 0.0299. The summed E-state index contributed by atoms with van der Waals surface area (Å²) in [4.78, 5) is 14.3. The molecule has 1 heterocycles. The van der Waals surface area contributed by atoms with E-state index in [-0.39, 0.29) is 12.1 Å². The van der Waals surface area contributed by atoms with Crippen LogP contribution in [0.25, 0.3) is 10.4 Å². The quantitative estimate of drug-likeness (QED) is 0.455. The highest BCUT2D eigenvalue weighted by atomic mass is 16.6. The molecule has 0 radical (unpaired) electrons. The molecule has 1 fully saturated rings. The molecule has 96 valence electrons. The Bertz CT molecular complexity index is 320. The number of ether oxygens (including phenoxy) is 2. The topological polar surface area (TPSA) is 96.3 Å². The van der Waals surface area contributed by atoms with Crippen molar-refractivity contribution >= 4 is 6.09 Å². The van der Waals surface area contributed by atoms with Crippen LogP contribution in [0.15, 0.2) is 5.11 Å². The van der Waals surface area contributed by atoms with Crippen molar-refractivity contribution in [2.45, 2.75) is 44.9 Å². The zero-order valence-electron chi connectivity index (χ0n) is 10.3. The first-order valence-corrected chi connectivity index (χ1v) is 5.54. The van der Waals surface area contributed by atoms with Gasteiger partial charge in [0.05, 0.1) is 18.7 Å². The number of hydrogen-bond donors (Lipinski definition) is 1. The molecular weight excluding hydrogens is 224 g/mol. The molecule has 1 aliphatic rings. The number of hydrogen-bond acceptors (Lipinski definition) is 4. The normalized spacial score (nSPS) is 24.6. The molecule has 1 saturated heterocycles. The maximum atomic E-state index is 11.6. The second kappa shape index (κ2) is 5.75. The molecule has 0 saturated carbocycles. The number of carbonyl (C=O) groups excluding carboxylic acids is 1. The standard InChI is InChI=1S/C10H18N4O3/c1-10(2,3)17-9(15)12-8-6-16-5-4-7(8)13-14-11/h7-8H,4-6H2,1-3H3,(H,12,15). The molecule has 1 amide bonds. The third-order valence-corrected chi connectivity index (χ3v) is 2.22. The van der Waals surface area contributed by atoms with Crippen LogP contribution in [0.1, 0.15) is 27.2 Å². The first-order chi connectivity index (χ1) is 7.92. The molecule has 0 aromatic carbocycles. The van der Waals surface area contributed by atoms with Gasteiger partial charge in [0.25, 0.3) is 0 Å². The summed E-state index contributed by atoms with van der Waals surface area (Å²) in [5, 5.41) is 6.30. The van der Waals surface area contributed by atoms with E-state index in [1.54, 1.807) is 20.8 Å². The Kier molecular flexibility index (Phi) is 4.60. The van der Waals surface area contributed by atoms with Crippen molar-refractivity contribution in [2.24, 2.45) is 5.11 Å². The summed E-state index contributed by atoms with van der Waals surface area (Å²) in [6.45, 7) is 6.23. The van der Waals surface area contributed by atoms with Gasteiger partial charge < -0.3 is 14.8 Å². The lowest BCUT2D eigenvalue weighted by Gasteiger charge is -2.30. The summed E-state index contributed by atoms with van der Waals surface area (Å²) in [7, 11) is 0. The molecule has 1 rings (SSSR count). The van der Waals surface area contributed by atoms with Gasteiger partial charge in [0, 0.05) is 11.5 Å². The summed E-state index contributed by atoms with van der Waals surface area (Å²) >= 11 is 0. The van der Waals surface area contributed by atoms with Gasteiger partial charge in [-0.1, -0.05) is 5.11 Å². The fourth-order valence-corrected chi connectivity index (χ4v) is 1.53. The van der Waals surface area contributed by atoms with E-state index in [4.69, 9.17) is 15.0 Å². The zero-order chi connectivity index (χ0) is 12.9. The third kappa shape index (κ3) is 4.93. The molecule has 7 heteroatoms. The van der Waals surface area contributed by atoms with Crippen molar-refractivity contribution in [1.82, 2.24) is 5.32 Å². The monoisotopic (exact) mass is 242 g/mol. The summed E-state index contributed by atoms with van der Waals surface area (Å²) in [6.07, 6.45) is 0.0796. The highest BCUT2D eigenvalue weighted by molar-refractivity contribution is 5.68. The van der Waals surface area contributed by atoms with Gasteiger partial charge in [0.15, 0.2) is 0 Å². The minimum absolute atomic E-state index is 0.277. The lowest BCUT2D eigenvalue weighted by Crippen LogP contribution is -2.49. The van der Waals surface area contributed by atoms with Crippen molar-refractivity contribution in [1.29, 1.82) is 0 Å². The molecule has 0 aromatic rings. The highest BCUT2D eigenvalue weighted by Gasteiger charge is 2.28. The summed E-state index contributed by atoms with van der Waals surface area (Å²) in [6, 6.07) is -0.601. The van der Waals surface area contributed by atoms with E-state index < -0.39 is 11.7 Å². The number of amides is 1. The van der Waals surface area contributed by atoms with Crippen LogP contribution < -0.4 is 5.32 Å². The Labute approximate surface area is 100 Å². The van der Waals surface area contributed by atoms with Gasteiger partial charge in [-0.3, -0.25) is 0 Å². The fourth-order valence-electron chi connectivity index (χ4n) is 1.53. The maximum Gasteiger partial charge on any atom is 0.407 e. The van der Waals surface area contributed by atoms with E-state index in [0.29, 0.717) is 19.6 Å². The SMILES string of the molecule is CC(C)(C)OC(=O)NC1COCCC1N=[N+]=[N-]. The number of carbonyl (C=O) groups is 1. The number of nitrogens with one attached hydrogen (secondary N) is 1. The molecule has 0 bridgehead atoms. The van der Waals surface area contributed by atoms with Crippen molar-refractivity contribution in [2.75, 3.05) is 13.2 Å². The van der Waals surface area contributed by atoms with E-state index in [1.807, 2.05) is 0 Å². The smallest absolute Gasteiger partial charge is 0.407 e. The number of alkyl carbamates (subject to hydrolysis) is 1. The number of rotatable bonds is 2. The molecule has 1 aliphatic heterocycles. The zero-order valence-corrected chi connectivity index (χ0v) is 10.3. The van der Waals surface area contributed by atoms with E-state index in [9.17, 15) is 4.79 Å². The van der Waals surface area contributed by atoms with Gasteiger partial charge in [0.1, 0.15) is 5.60 Å². The maximum absolute atomic E-state index is 11.6. The van der Waals surface area contributed by atoms with Crippen LogP contribution in [-0.2, 0) is 9.47 Å². The summed E-state index contributed by atoms with van der Waals surface area (Å²) in [5.41, 5.74) is 7.88. The summed E-state index contributed by atoms with van der Waals surface area (Å²) < 4.78 is 10.4. The first kappa shape index (κ1) is 13.6. The Hall–Kier alpha value is -1.46. The van der Waals surface area contributed by atoms with E-state index in [2.05, 4.69) is 15.3 Å². The second-order valence-corrected chi connectivity index (χ2v) is 4.89. The summed E-state index contributed by atoms with van der Waals surface area (Å²) in [5.74, 6) is 0. The van der Waals surface area contributed by atoms with Crippen molar-refractivity contribution in [3.8, 4) is 0 Å². The predicted molar refractivity (Wildman–Crippen MR) is 61.5 cm³/mol. The number of nitrogens with zero attached hydrogens (tertiary/aromatic N) is 3. The molecule has 7 nitrogen and oxygen atoms in total. The van der Waals surface area contributed by atoms with Crippen LogP contribution in [0, 0.1) is 0 Å². The van der Waals surface area contributed by atoms with Gasteiger partial charge in [-0.15, -0.1) is 0 Å². The van der Waals surface area contributed by atoms with Crippen LogP contribution in [-0.4, -0.2) is 37.0 Å².